The summed E-state index contributed by atoms with van der Waals surface area (Å²) in [6, 6.07) is 5.69. The van der Waals surface area contributed by atoms with Gasteiger partial charge in [0.25, 0.3) is 0 Å². The fourth-order valence-corrected chi connectivity index (χ4v) is 5.01. The summed E-state index contributed by atoms with van der Waals surface area (Å²) in [4.78, 5) is 12.7. The van der Waals surface area contributed by atoms with Gasteiger partial charge < -0.3 is 10.1 Å². The average Bonchev–Trinajstić information content (AvgIpc) is 3.64. The molecule has 4 aromatic rings. The molecule has 5 rings (SSSR count). The lowest BCUT2D eigenvalue weighted by atomic mass is 10.1. The fraction of sp³-hybridized carbons (Fsp3) is 0.308. The van der Waals surface area contributed by atoms with E-state index in [1.165, 1.54) is 18.3 Å². The number of sulfone groups is 1. The van der Waals surface area contributed by atoms with Crippen molar-refractivity contribution in [3.05, 3.63) is 71.3 Å². The summed E-state index contributed by atoms with van der Waals surface area (Å²) in [6.45, 7) is 3.77. The molecule has 0 bridgehead atoms. The molecule has 1 aromatic carbocycles. The van der Waals surface area contributed by atoms with Crippen LogP contribution in [0.15, 0.2) is 47.8 Å². The van der Waals surface area contributed by atoms with Crippen molar-refractivity contribution in [1.29, 1.82) is 0 Å². The first-order valence-corrected chi connectivity index (χ1v) is 14.0. The van der Waals surface area contributed by atoms with Crippen molar-refractivity contribution in [3.63, 3.8) is 0 Å². The lowest BCUT2D eigenvalue weighted by Crippen LogP contribution is -2.10. The number of hydrogen-bond acceptors (Lipinski definition) is 8. The Morgan fingerprint density at radius 2 is 1.84 bits per heavy atom. The van der Waals surface area contributed by atoms with Crippen LogP contribution in [0.3, 0.4) is 0 Å². The SMILES string of the molecule is CCOc1cc(F)c(Cn2nc(-c3ncc(S(C)(=O)=O)c(Nc4ccncc4)n3)c(C)c2C2CC2)c(F)c1. The van der Waals surface area contributed by atoms with Gasteiger partial charge in [0.2, 0.25) is 0 Å². The minimum Gasteiger partial charge on any atom is -0.494 e. The van der Waals surface area contributed by atoms with Gasteiger partial charge >= 0.3 is 0 Å². The molecule has 0 unspecified atom stereocenters. The van der Waals surface area contributed by atoms with E-state index in [0.29, 0.717) is 18.0 Å². The molecule has 0 atom stereocenters. The maximum Gasteiger partial charge on any atom is 0.182 e. The summed E-state index contributed by atoms with van der Waals surface area (Å²) in [5.74, 6) is -0.826. The van der Waals surface area contributed by atoms with Crippen molar-refractivity contribution in [2.75, 3.05) is 18.2 Å². The number of ether oxygens (including phenoxy) is 1. The third-order valence-corrected chi connectivity index (χ3v) is 7.34. The van der Waals surface area contributed by atoms with E-state index in [2.05, 4.69) is 25.4 Å². The van der Waals surface area contributed by atoms with E-state index in [1.807, 2.05) is 6.92 Å². The van der Waals surface area contributed by atoms with Gasteiger partial charge in [0.1, 0.15) is 28.0 Å². The quantitative estimate of drug-likeness (QED) is 0.323. The maximum atomic E-state index is 14.9. The fourth-order valence-electron chi connectivity index (χ4n) is 4.32. The van der Waals surface area contributed by atoms with Crippen molar-refractivity contribution >= 4 is 21.3 Å². The van der Waals surface area contributed by atoms with Crippen molar-refractivity contribution in [1.82, 2.24) is 24.7 Å². The molecule has 9 nitrogen and oxygen atoms in total. The highest BCUT2D eigenvalue weighted by Crippen LogP contribution is 2.44. The third kappa shape index (κ3) is 5.21. The summed E-state index contributed by atoms with van der Waals surface area (Å²) in [7, 11) is -3.65. The Labute approximate surface area is 218 Å². The Hall–Kier alpha value is -3.93. The van der Waals surface area contributed by atoms with Crippen LogP contribution in [0.25, 0.3) is 11.5 Å². The van der Waals surface area contributed by atoms with Crippen molar-refractivity contribution in [3.8, 4) is 17.3 Å². The van der Waals surface area contributed by atoms with Gasteiger partial charge in [0.05, 0.1) is 19.3 Å². The second-order valence-electron chi connectivity index (χ2n) is 9.13. The highest BCUT2D eigenvalue weighted by Gasteiger charge is 2.33. The Bertz CT molecular complexity index is 1580. The van der Waals surface area contributed by atoms with Gasteiger partial charge in [-0.2, -0.15) is 5.10 Å². The predicted molar refractivity (Wildman–Crippen MR) is 137 cm³/mol. The predicted octanol–water partition coefficient (Wildman–Crippen LogP) is 4.79. The Morgan fingerprint density at radius 1 is 1.16 bits per heavy atom. The summed E-state index contributed by atoms with van der Waals surface area (Å²) < 4.78 is 61.4. The van der Waals surface area contributed by atoms with E-state index in [1.54, 1.807) is 36.1 Å². The van der Waals surface area contributed by atoms with Gasteiger partial charge in [-0.05, 0) is 38.8 Å². The number of nitrogens with one attached hydrogen (secondary N) is 1. The standard InChI is InChI=1S/C26H26F2N6O3S/c1-4-37-18-11-20(27)19(21(28)12-18)14-34-24(16-5-6-16)15(2)23(33-34)26-30-13-22(38(3,35)36)25(32-26)31-17-7-9-29-10-8-17/h7-13,16H,4-6,14H2,1-3H3,(H,29,30,31,32). The van der Waals surface area contributed by atoms with Gasteiger partial charge in [-0.15, -0.1) is 0 Å². The van der Waals surface area contributed by atoms with E-state index in [4.69, 9.17) is 4.74 Å². The second kappa shape index (κ2) is 10.1. The largest absolute Gasteiger partial charge is 0.494 e. The third-order valence-electron chi connectivity index (χ3n) is 6.25. The lowest BCUT2D eigenvalue weighted by Gasteiger charge is -2.11. The molecule has 0 saturated heterocycles. The van der Waals surface area contributed by atoms with Crippen LogP contribution in [-0.4, -0.2) is 46.0 Å². The first-order valence-electron chi connectivity index (χ1n) is 12.1. The van der Waals surface area contributed by atoms with Crippen LogP contribution in [0.1, 0.15) is 42.5 Å². The molecular formula is C26H26F2N6O3S. The Kier molecular flexibility index (Phi) is 6.82. The van der Waals surface area contributed by atoms with Gasteiger partial charge in [-0.1, -0.05) is 0 Å². The van der Waals surface area contributed by atoms with Gasteiger partial charge in [-0.25, -0.2) is 27.2 Å². The number of rotatable bonds is 9. The summed E-state index contributed by atoms with van der Waals surface area (Å²) >= 11 is 0. The molecule has 38 heavy (non-hydrogen) atoms. The molecule has 198 valence electrons. The van der Waals surface area contributed by atoms with Crippen LogP contribution < -0.4 is 10.1 Å². The van der Waals surface area contributed by atoms with E-state index in [9.17, 15) is 17.2 Å². The zero-order valence-corrected chi connectivity index (χ0v) is 21.9. The zero-order chi connectivity index (χ0) is 27.0. The molecule has 1 N–H and O–H groups in total. The molecule has 1 fully saturated rings. The molecule has 0 radical (unpaired) electrons. The molecule has 0 spiro atoms. The summed E-state index contributed by atoms with van der Waals surface area (Å²) in [6.07, 6.45) is 7.32. The zero-order valence-electron chi connectivity index (χ0n) is 21.1. The van der Waals surface area contributed by atoms with E-state index < -0.39 is 21.5 Å². The van der Waals surface area contributed by atoms with E-state index in [0.717, 1.165) is 30.4 Å². The Balaban J connectivity index is 1.57. The van der Waals surface area contributed by atoms with Crippen LogP contribution >= 0.6 is 0 Å². The molecule has 0 aliphatic heterocycles. The van der Waals surface area contributed by atoms with E-state index >= 15 is 0 Å². The van der Waals surface area contributed by atoms with Crippen LogP contribution in [-0.2, 0) is 16.4 Å². The number of anilines is 2. The molecular weight excluding hydrogens is 514 g/mol. The molecule has 1 saturated carbocycles. The normalized spacial score (nSPS) is 13.5. The minimum absolute atomic E-state index is 0.0731. The number of benzene rings is 1. The Morgan fingerprint density at radius 3 is 2.45 bits per heavy atom. The number of nitrogens with zero attached hydrogens (tertiary/aromatic N) is 5. The molecule has 12 heteroatoms. The number of pyridine rings is 1. The lowest BCUT2D eigenvalue weighted by molar-refractivity contribution is 0.335. The number of halogens is 2. The molecule has 3 heterocycles. The molecule has 1 aliphatic carbocycles. The summed E-state index contributed by atoms with van der Waals surface area (Å²) in [5.41, 5.74) is 2.51. The number of hydrogen-bond donors (Lipinski definition) is 1. The topological polar surface area (TPSA) is 112 Å². The van der Waals surface area contributed by atoms with Gasteiger partial charge in [-0.3, -0.25) is 9.67 Å². The van der Waals surface area contributed by atoms with Crippen LogP contribution in [0, 0.1) is 18.6 Å². The molecule has 0 amide bonds. The summed E-state index contributed by atoms with van der Waals surface area (Å²) in [5, 5.41) is 7.68. The van der Waals surface area contributed by atoms with Crippen LogP contribution in [0.5, 0.6) is 5.75 Å². The van der Waals surface area contributed by atoms with Crippen LogP contribution in [0.4, 0.5) is 20.3 Å². The number of aromatic nitrogens is 5. The van der Waals surface area contributed by atoms with Crippen LogP contribution in [0.2, 0.25) is 0 Å². The monoisotopic (exact) mass is 540 g/mol. The first kappa shape index (κ1) is 25.7. The van der Waals surface area contributed by atoms with Gasteiger partial charge in [0.15, 0.2) is 21.5 Å². The van der Waals surface area contributed by atoms with Gasteiger partial charge in [0, 0.05) is 59.2 Å². The molecule has 1 aliphatic rings. The average molecular weight is 541 g/mol. The maximum absolute atomic E-state index is 14.9. The van der Waals surface area contributed by atoms with E-state index in [-0.39, 0.29) is 40.3 Å². The second-order valence-corrected chi connectivity index (χ2v) is 11.1. The highest BCUT2D eigenvalue weighted by molar-refractivity contribution is 7.90. The highest BCUT2D eigenvalue weighted by atomic mass is 32.2. The van der Waals surface area contributed by atoms with Crippen molar-refractivity contribution in [2.45, 2.75) is 44.0 Å². The molecule has 3 aromatic heterocycles. The van der Waals surface area contributed by atoms with Crippen molar-refractivity contribution in [2.24, 2.45) is 0 Å². The first-order chi connectivity index (χ1) is 18.2. The van der Waals surface area contributed by atoms with Crippen molar-refractivity contribution < 1.29 is 21.9 Å². The minimum atomic E-state index is -3.65. The smallest absolute Gasteiger partial charge is 0.182 e.